The van der Waals surface area contributed by atoms with E-state index in [4.69, 9.17) is 14.2 Å². The van der Waals surface area contributed by atoms with Crippen molar-refractivity contribution in [3.05, 3.63) is 71.8 Å². The quantitative estimate of drug-likeness (QED) is 0.461. The number of pyridine rings is 1. The number of hydrogen-bond acceptors (Lipinski definition) is 6. The van der Waals surface area contributed by atoms with Crippen LogP contribution in [0, 0.1) is 0 Å². The summed E-state index contributed by atoms with van der Waals surface area (Å²) in [6, 6.07) is 19.0. The van der Waals surface area contributed by atoms with Crippen LogP contribution in [0.2, 0.25) is 0 Å². The van der Waals surface area contributed by atoms with Crippen molar-refractivity contribution in [3.8, 4) is 22.8 Å². The molecule has 2 aliphatic rings. The fourth-order valence-corrected chi connectivity index (χ4v) is 4.15. The molecule has 0 spiro atoms. The van der Waals surface area contributed by atoms with Gasteiger partial charge in [0.25, 0.3) is 0 Å². The van der Waals surface area contributed by atoms with E-state index >= 15 is 0 Å². The fraction of sp³-hybridized carbons (Fsp3) is 0.321. The van der Waals surface area contributed by atoms with E-state index in [1.807, 2.05) is 75.4 Å². The summed E-state index contributed by atoms with van der Waals surface area (Å²) in [7, 11) is 0. The van der Waals surface area contributed by atoms with Gasteiger partial charge in [-0.3, -0.25) is 4.79 Å². The second-order valence-electron chi connectivity index (χ2n) is 10.1. The number of hydrogen-bond donors (Lipinski definition) is 2. The first-order valence-corrected chi connectivity index (χ1v) is 12.0. The highest BCUT2D eigenvalue weighted by atomic mass is 16.7. The second kappa shape index (κ2) is 9.18. The molecule has 36 heavy (non-hydrogen) atoms. The minimum atomic E-state index is -0.568. The number of carbonyl (C=O) groups excluding carboxylic acids is 2. The van der Waals surface area contributed by atoms with E-state index in [2.05, 4.69) is 15.6 Å². The lowest BCUT2D eigenvalue weighted by molar-refractivity contribution is -0.118. The number of carbonyl (C=O) groups is 2. The van der Waals surface area contributed by atoms with E-state index in [1.165, 1.54) is 0 Å². The average molecular weight is 492 g/mol. The second-order valence-corrected chi connectivity index (χ2v) is 10.1. The highest BCUT2D eigenvalue weighted by Crippen LogP contribution is 2.51. The molecule has 1 aliphatic carbocycles. The molecule has 0 radical (unpaired) electrons. The molecule has 0 unspecified atom stereocenters. The van der Waals surface area contributed by atoms with Crippen molar-refractivity contribution in [1.29, 1.82) is 0 Å². The van der Waals surface area contributed by atoms with Crippen LogP contribution in [0.1, 0.15) is 47.6 Å². The Morgan fingerprint density at radius 3 is 2.50 bits per heavy atom. The first-order chi connectivity index (χ1) is 17.2. The van der Waals surface area contributed by atoms with Crippen LogP contribution in [-0.2, 0) is 21.5 Å². The molecule has 2 heterocycles. The highest BCUT2D eigenvalue weighted by Gasteiger charge is 2.51. The van der Waals surface area contributed by atoms with Crippen molar-refractivity contribution in [1.82, 2.24) is 10.3 Å². The van der Waals surface area contributed by atoms with Crippen molar-refractivity contribution in [2.24, 2.45) is 0 Å². The molecule has 5 rings (SSSR count). The van der Waals surface area contributed by atoms with Gasteiger partial charge in [-0.2, -0.15) is 0 Å². The minimum absolute atomic E-state index is 0. The smallest absolute Gasteiger partial charge is 0.407 e. The number of rotatable bonds is 6. The summed E-state index contributed by atoms with van der Waals surface area (Å²) in [6.45, 7) is 6.04. The van der Waals surface area contributed by atoms with Crippen LogP contribution in [0.15, 0.2) is 60.7 Å². The zero-order valence-corrected chi connectivity index (χ0v) is 20.6. The Bertz CT molecular complexity index is 1300. The monoisotopic (exact) mass is 491 g/mol. The first kappa shape index (κ1) is 23.7. The molecule has 2 aromatic carbocycles. The van der Waals surface area contributed by atoms with E-state index in [1.54, 1.807) is 6.07 Å². The number of ether oxygens (including phenoxy) is 3. The average Bonchev–Trinajstić information content (AvgIpc) is 3.53. The lowest BCUT2D eigenvalue weighted by Crippen LogP contribution is -2.32. The number of anilines is 1. The van der Waals surface area contributed by atoms with Gasteiger partial charge in [0.05, 0.1) is 11.1 Å². The molecule has 1 aliphatic heterocycles. The number of amides is 2. The molecule has 8 heteroatoms. The van der Waals surface area contributed by atoms with Gasteiger partial charge < -0.3 is 24.8 Å². The van der Waals surface area contributed by atoms with Crippen molar-refractivity contribution in [3.63, 3.8) is 0 Å². The first-order valence-electron chi connectivity index (χ1n) is 12.0. The van der Waals surface area contributed by atoms with Crippen LogP contribution in [-0.4, -0.2) is 29.4 Å². The Kier molecular flexibility index (Phi) is 6.04. The normalized spacial score (nSPS) is 15.2. The van der Waals surface area contributed by atoms with Crippen molar-refractivity contribution in [2.75, 3.05) is 12.1 Å². The van der Waals surface area contributed by atoms with Gasteiger partial charge in [-0.15, -0.1) is 0 Å². The zero-order valence-electron chi connectivity index (χ0n) is 20.6. The predicted octanol–water partition coefficient (Wildman–Crippen LogP) is 5.66. The molecule has 0 atom stereocenters. The highest BCUT2D eigenvalue weighted by molar-refractivity contribution is 6.01. The topological polar surface area (TPSA) is 98.8 Å². The van der Waals surface area contributed by atoms with Crippen LogP contribution < -0.4 is 20.1 Å². The van der Waals surface area contributed by atoms with E-state index in [0.29, 0.717) is 23.9 Å². The molecule has 1 fully saturated rings. The van der Waals surface area contributed by atoms with Crippen molar-refractivity contribution < 1.29 is 26.7 Å². The maximum absolute atomic E-state index is 13.2. The molecule has 190 valence electrons. The number of fused-ring (bicyclic) bond motifs is 1. The van der Waals surface area contributed by atoms with Gasteiger partial charge in [0.1, 0.15) is 11.4 Å². The van der Waals surface area contributed by atoms with Gasteiger partial charge >= 0.3 is 6.09 Å². The van der Waals surface area contributed by atoms with Crippen LogP contribution >= 0.6 is 0 Å². The molecule has 3 aromatic rings. The Morgan fingerprint density at radius 2 is 1.78 bits per heavy atom. The molecule has 0 saturated heterocycles. The van der Waals surface area contributed by atoms with Gasteiger partial charge in [0.15, 0.2) is 11.5 Å². The molecule has 1 saturated carbocycles. The van der Waals surface area contributed by atoms with Gasteiger partial charge in [-0.25, -0.2) is 9.78 Å². The van der Waals surface area contributed by atoms with Gasteiger partial charge in [0.2, 0.25) is 12.7 Å². The van der Waals surface area contributed by atoms with Crippen LogP contribution in [0.4, 0.5) is 10.6 Å². The summed E-state index contributed by atoms with van der Waals surface area (Å²) >= 11 is 0. The minimum Gasteiger partial charge on any atom is -0.454 e. The summed E-state index contributed by atoms with van der Waals surface area (Å²) in [5, 5.41) is 5.75. The molecular weight excluding hydrogens is 458 g/mol. The zero-order chi connectivity index (χ0) is 25.3. The Balaban J connectivity index is 0.00000200. The lowest BCUT2D eigenvalue weighted by Gasteiger charge is -2.19. The molecule has 2 N–H and O–H groups in total. The van der Waals surface area contributed by atoms with Gasteiger partial charge in [0, 0.05) is 15.0 Å². The predicted molar refractivity (Wildman–Crippen MR) is 139 cm³/mol. The van der Waals surface area contributed by atoms with E-state index < -0.39 is 17.1 Å². The maximum Gasteiger partial charge on any atom is 0.407 e. The molecule has 0 bridgehead atoms. The standard InChI is InChI=1S/C28H29N3O5.2H2/c1-27(2,3)36-26(33)29-16-18-7-9-19(10-8-18)21-5-4-6-24(30-21)31-25(32)28(13-14-28)20-11-12-22-23(15-20)35-17-34-22;;/h4-12,15H,13-14,16-17H2,1-3H3,(H,29,33)(H,30,31,32);2*1H. The van der Waals surface area contributed by atoms with Crippen LogP contribution in [0.5, 0.6) is 11.5 Å². The summed E-state index contributed by atoms with van der Waals surface area (Å²) in [4.78, 5) is 29.8. The summed E-state index contributed by atoms with van der Waals surface area (Å²) < 4.78 is 16.1. The van der Waals surface area contributed by atoms with E-state index in [9.17, 15) is 9.59 Å². The van der Waals surface area contributed by atoms with Gasteiger partial charge in [-0.1, -0.05) is 36.4 Å². The third-order valence-electron chi connectivity index (χ3n) is 6.19. The SMILES string of the molecule is CC(C)(C)OC(=O)NCc1ccc(-c2cccc(NC(=O)C3(c4ccc5c(c4)OCO5)CC3)n2)cc1.[HH].[HH]. The lowest BCUT2D eigenvalue weighted by atomic mass is 9.94. The maximum atomic E-state index is 13.2. The Labute approximate surface area is 213 Å². The number of nitrogens with one attached hydrogen (secondary N) is 2. The van der Waals surface area contributed by atoms with E-state index in [0.717, 1.165) is 35.2 Å². The van der Waals surface area contributed by atoms with Crippen LogP contribution in [0.25, 0.3) is 11.3 Å². The van der Waals surface area contributed by atoms with Gasteiger partial charge in [-0.05, 0) is 69.0 Å². The third kappa shape index (κ3) is 5.12. The number of benzene rings is 2. The molecular formula is C28H33N3O5. The number of alkyl carbamates (subject to hydrolysis) is 1. The molecule has 8 nitrogen and oxygen atoms in total. The molecule has 2 amide bonds. The number of aromatic nitrogens is 1. The Morgan fingerprint density at radius 1 is 1.03 bits per heavy atom. The summed E-state index contributed by atoms with van der Waals surface area (Å²) in [6.07, 6.45) is 1.10. The summed E-state index contributed by atoms with van der Waals surface area (Å²) in [5.41, 5.74) is 2.41. The fourth-order valence-electron chi connectivity index (χ4n) is 4.15. The molecule has 1 aromatic heterocycles. The van der Waals surface area contributed by atoms with E-state index in [-0.39, 0.29) is 15.6 Å². The summed E-state index contributed by atoms with van der Waals surface area (Å²) in [5.74, 6) is 1.81. The van der Waals surface area contributed by atoms with Crippen molar-refractivity contribution in [2.45, 2.75) is 51.2 Å². The van der Waals surface area contributed by atoms with Crippen molar-refractivity contribution >= 4 is 17.8 Å². The Hall–Kier alpha value is -4.07. The number of nitrogens with zero attached hydrogens (tertiary/aromatic N) is 1. The third-order valence-corrected chi connectivity index (χ3v) is 6.19. The van der Waals surface area contributed by atoms with Crippen LogP contribution in [0.3, 0.4) is 0 Å². The largest absolute Gasteiger partial charge is 0.454 e.